The Morgan fingerprint density at radius 2 is 1.73 bits per heavy atom. The first-order valence-electron chi connectivity index (χ1n) is 7.14. The first kappa shape index (κ1) is 16.4. The number of hydrogen-bond acceptors (Lipinski definition) is 2. The third kappa shape index (κ3) is 4.78. The van der Waals surface area contributed by atoms with E-state index in [9.17, 15) is 4.79 Å². The Kier molecular flexibility index (Phi) is 5.09. The second-order valence-corrected chi connectivity index (χ2v) is 6.52. The summed E-state index contributed by atoms with van der Waals surface area (Å²) in [5.74, 6) is 0.609. The number of halogens is 1. The summed E-state index contributed by atoms with van der Waals surface area (Å²) in [4.78, 5) is 12.0. The molecule has 0 bridgehead atoms. The van der Waals surface area contributed by atoms with Crippen LogP contribution in [0, 0.1) is 0 Å². The number of ether oxygens (including phenoxy) is 1. The maximum atomic E-state index is 12.0. The van der Waals surface area contributed by atoms with Crippen molar-refractivity contribution in [3.8, 4) is 5.75 Å². The molecule has 0 heterocycles. The maximum Gasteiger partial charge on any atom is 0.251 e. The van der Waals surface area contributed by atoms with Crippen LogP contribution < -0.4 is 10.1 Å². The highest BCUT2D eigenvalue weighted by atomic mass is 35.5. The summed E-state index contributed by atoms with van der Waals surface area (Å²) < 4.78 is 5.69. The van der Waals surface area contributed by atoms with Crippen LogP contribution in [-0.2, 0) is 6.61 Å². The van der Waals surface area contributed by atoms with Gasteiger partial charge in [0.25, 0.3) is 5.91 Å². The lowest BCUT2D eigenvalue weighted by atomic mass is 10.1. The first-order valence-corrected chi connectivity index (χ1v) is 7.52. The number of hydrogen-bond donors (Lipinski definition) is 1. The lowest BCUT2D eigenvalue weighted by Gasteiger charge is -2.20. The molecule has 0 aliphatic heterocycles. The van der Waals surface area contributed by atoms with Gasteiger partial charge in [-0.1, -0.05) is 29.8 Å². The van der Waals surface area contributed by atoms with Gasteiger partial charge in [-0.3, -0.25) is 4.79 Å². The standard InChI is InChI=1S/C18H20ClNO2/c1-18(2,3)20-17(21)13-8-10-15(11-9-13)22-12-14-6-4-5-7-16(14)19/h4-11H,12H2,1-3H3,(H,20,21). The molecule has 4 heteroatoms. The summed E-state index contributed by atoms with van der Waals surface area (Å²) in [6, 6.07) is 14.6. The normalized spacial score (nSPS) is 11.1. The molecule has 0 aliphatic carbocycles. The zero-order valence-corrected chi connectivity index (χ0v) is 13.8. The van der Waals surface area contributed by atoms with E-state index in [2.05, 4.69) is 5.32 Å². The average molecular weight is 318 g/mol. The Labute approximate surface area is 136 Å². The molecule has 1 amide bonds. The summed E-state index contributed by atoms with van der Waals surface area (Å²) in [5.41, 5.74) is 1.29. The molecule has 1 N–H and O–H groups in total. The predicted octanol–water partition coefficient (Wildman–Crippen LogP) is 4.45. The van der Waals surface area contributed by atoms with Gasteiger partial charge in [0.15, 0.2) is 0 Å². The minimum Gasteiger partial charge on any atom is -0.489 e. The van der Waals surface area contributed by atoms with Gasteiger partial charge >= 0.3 is 0 Å². The molecule has 2 aromatic rings. The zero-order valence-electron chi connectivity index (χ0n) is 13.0. The van der Waals surface area contributed by atoms with Crippen molar-refractivity contribution in [3.05, 3.63) is 64.7 Å². The quantitative estimate of drug-likeness (QED) is 0.905. The van der Waals surface area contributed by atoms with Crippen LogP contribution in [0.2, 0.25) is 5.02 Å². The van der Waals surface area contributed by atoms with Gasteiger partial charge in [0.2, 0.25) is 0 Å². The fourth-order valence-electron chi connectivity index (χ4n) is 1.89. The largest absolute Gasteiger partial charge is 0.489 e. The molecule has 0 saturated heterocycles. The van der Waals surface area contributed by atoms with E-state index >= 15 is 0 Å². The zero-order chi connectivity index (χ0) is 16.2. The van der Waals surface area contributed by atoms with Crippen LogP contribution in [0.5, 0.6) is 5.75 Å². The molecule has 0 unspecified atom stereocenters. The Balaban J connectivity index is 1.98. The van der Waals surface area contributed by atoms with Crippen LogP contribution in [-0.4, -0.2) is 11.4 Å². The Morgan fingerprint density at radius 3 is 2.32 bits per heavy atom. The van der Waals surface area contributed by atoms with E-state index in [4.69, 9.17) is 16.3 Å². The van der Waals surface area contributed by atoms with E-state index in [1.165, 1.54) is 0 Å². The van der Waals surface area contributed by atoms with Gasteiger partial charge in [-0.25, -0.2) is 0 Å². The van der Waals surface area contributed by atoms with E-state index in [1.54, 1.807) is 24.3 Å². The Hall–Kier alpha value is -2.00. The molecule has 2 aromatic carbocycles. The van der Waals surface area contributed by atoms with Gasteiger partial charge < -0.3 is 10.1 Å². The predicted molar refractivity (Wildman–Crippen MR) is 89.4 cm³/mol. The minimum absolute atomic E-state index is 0.0925. The van der Waals surface area contributed by atoms with Crippen molar-refractivity contribution in [3.63, 3.8) is 0 Å². The van der Waals surface area contributed by atoms with Crippen molar-refractivity contribution < 1.29 is 9.53 Å². The summed E-state index contributed by atoms with van der Waals surface area (Å²) in [5, 5.41) is 3.61. The fourth-order valence-corrected chi connectivity index (χ4v) is 2.08. The molecular formula is C18H20ClNO2. The number of rotatable bonds is 4. The highest BCUT2D eigenvalue weighted by Gasteiger charge is 2.15. The maximum absolute atomic E-state index is 12.0. The van der Waals surface area contributed by atoms with Crippen LogP contribution in [0.4, 0.5) is 0 Å². The van der Waals surface area contributed by atoms with Gasteiger partial charge in [-0.05, 0) is 51.1 Å². The SMILES string of the molecule is CC(C)(C)NC(=O)c1ccc(OCc2ccccc2Cl)cc1. The number of benzene rings is 2. The van der Waals surface area contributed by atoms with Crippen LogP contribution in [0.25, 0.3) is 0 Å². The van der Waals surface area contributed by atoms with Crippen molar-refractivity contribution in [2.45, 2.75) is 32.9 Å². The van der Waals surface area contributed by atoms with Crippen molar-refractivity contribution in [2.24, 2.45) is 0 Å². The van der Waals surface area contributed by atoms with Gasteiger partial charge in [0.05, 0.1) is 0 Å². The van der Waals surface area contributed by atoms with Crippen LogP contribution in [0.15, 0.2) is 48.5 Å². The summed E-state index contributed by atoms with van der Waals surface area (Å²) in [6.07, 6.45) is 0. The minimum atomic E-state index is -0.254. The molecule has 0 spiro atoms. The van der Waals surface area contributed by atoms with Crippen molar-refractivity contribution in [1.29, 1.82) is 0 Å². The van der Waals surface area contributed by atoms with Gasteiger partial charge in [-0.15, -0.1) is 0 Å². The molecule has 0 radical (unpaired) electrons. The number of carbonyl (C=O) groups excluding carboxylic acids is 1. The van der Waals surface area contributed by atoms with Crippen LogP contribution in [0.1, 0.15) is 36.7 Å². The Bertz CT molecular complexity index is 645. The topological polar surface area (TPSA) is 38.3 Å². The van der Waals surface area contributed by atoms with E-state index in [-0.39, 0.29) is 11.4 Å². The number of carbonyl (C=O) groups is 1. The smallest absolute Gasteiger partial charge is 0.251 e. The highest BCUT2D eigenvalue weighted by Crippen LogP contribution is 2.19. The first-order chi connectivity index (χ1) is 10.3. The summed E-state index contributed by atoms with van der Waals surface area (Å²) >= 11 is 6.09. The monoisotopic (exact) mass is 317 g/mol. The second kappa shape index (κ2) is 6.84. The molecule has 0 saturated carbocycles. The van der Waals surface area contributed by atoms with Gasteiger partial charge in [-0.2, -0.15) is 0 Å². The lowest BCUT2D eigenvalue weighted by molar-refractivity contribution is 0.0919. The third-order valence-electron chi connectivity index (χ3n) is 2.96. The van der Waals surface area contributed by atoms with Gasteiger partial charge in [0, 0.05) is 21.7 Å². The van der Waals surface area contributed by atoms with Crippen LogP contribution in [0.3, 0.4) is 0 Å². The fraction of sp³-hybridized carbons (Fsp3) is 0.278. The average Bonchev–Trinajstić information content (AvgIpc) is 2.45. The second-order valence-electron chi connectivity index (χ2n) is 6.11. The Morgan fingerprint density at radius 1 is 1.09 bits per heavy atom. The van der Waals surface area contributed by atoms with Crippen molar-refractivity contribution in [2.75, 3.05) is 0 Å². The van der Waals surface area contributed by atoms with E-state index in [0.29, 0.717) is 22.9 Å². The van der Waals surface area contributed by atoms with E-state index in [1.807, 2.05) is 45.0 Å². The van der Waals surface area contributed by atoms with Crippen LogP contribution >= 0.6 is 11.6 Å². The molecule has 3 nitrogen and oxygen atoms in total. The molecule has 0 atom stereocenters. The third-order valence-corrected chi connectivity index (χ3v) is 3.33. The number of amides is 1. The molecule has 22 heavy (non-hydrogen) atoms. The molecule has 0 aromatic heterocycles. The highest BCUT2D eigenvalue weighted by molar-refractivity contribution is 6.31. The molecule has 0 aliphatic rings. The van der Waals surface area contributed by atoms with E-state index in [0.717, 1.165) is 5.56 Å². The molecular weight excluding hydrogens is 298 g/mol. The van der Waals surface area contributed by atoms with Crippen molar-refractivity contribution in [1.82, 2.24) is 5.32 Å². The van der Waals surface area contributed by atoms with Crippen molar-refractivity contribution >= 4 is 17.5 Å². The molecule has 2 rings (SSSR count). The molecule has 0 fully saturated rings. The molecule has 116 valence electrons. The van der Waals surface area contributed by atoms with E-state index < -0.39 is 0 Å². The lowest BCUT2D eigenvalue weighted by Crippen LogP contribution is -2.40. The number of nitrogens with one attached hydrogen (secondary N) is 1. The summed E-state index contributed by atoms with van der Waals surface area (Å²) in [7, 11) is 0. The van der Waals surface area contributed by atoms with Gasteiger partial charge in [0.1, 0.15) is 12.4 Å². The summed E-state index contributed by atoms with van der Waals surface area (Å²) in [6.45, 7) is 6.25.